The van der Waals surface area contributed by atoms with Crippen molar-refractivity contribution in [2.75, 3.05) is 6.54 Å². The summed E-state index contributed by atoms with van der Waals surface area (Å²) in [5, 5.41) is 3.39. The molecule has 0 amide bonds. The first kappa shape index (κ1) is 13.5. The van der Waals surface area contributed by atoms with Gasteiger partial charge in [-0.1, -0.05) is 25.8 Å². The Hall–Kier alpha value is -0.960. The lowest BCUT2D eigenvalue weighted by atomic mass is 9.83. The van der Waals surface area contributed by atoms with Crippen LogP contribution >= 0.6 is 0 Å². The highest BCUT2D eigenvalue weighted by atomic mass is 19.2. The van der Waals surface area contributed by atoms with Crippen LogP contribution in [0.25, 0.3) is 0 Å². The maximum absolute atomic E-state index is 13.0. The Balaban J connectivity index is 1.86. The zero-order valence-corrected chi connectivity index (χ0v) is 10.9. The Morgan fingerprint density at radius 2 is 1.89 bits per heavy atom. The first-order valence-electron chi connectivity index (χ1n) is 6.80. The zero-order valence-electron chi connectivity index (χ0n) is 10.9. The summed E-state index contributed by atoms with van der Waals surface area (Å²) in [6, 6.07) is 4.10. The molecule has 0 saturated heterocycles. The second-order valence-electron chi connectivity index (χ2n) is 5.41. The molecular formula is C15H21F2N. The first-order chi connectivity index (χ1) is 8.65. The summed E-state index contributed by atoms with van der Waals surface area (Å²) in [7, 11) is 0. The molecule has 2 rings (SSSR count). The molecule has 0 atom stereocenters. The van der Waals surface area contributed by atoms with Crippen molar-refractivity contribution in [1.29, 1.82) is 0 Å². The highest BCUT2D eigenvalue weighted by molar-refractivity contribution is 5.17. The molecule has 18 heavy (non-hydrogen) atoms. The summed E-state index contributed by atoms with van der Waals surface area (Å²) in [6.07, 6.45) is 6.40. The van der Waals surface area contributed by atoms with E-state index in [2.05, 4.69) is 12.2 Å². The summed E-state index contributed by atoms with van der Waals surface area (Å²) in [6.45, 7) is 3.83. The molecule has 3 heteroatoms. The van der Waals surface area contributed by atoms with E-state index in [1.807, 2.05) is 0 Å². The van der Waals surface area contributed by atoms with E-state index in [0.29, 0.717) is 12.0 Å². The van der Waals surface area contributed by atoms with Crippen molar-refractivity contribution in [3.05, 3.63) is 35.4 Å². The number of benzene rings is 1. The summed E-state index contributed by atoms with van der Waals surface area (Å²) in [5.74, 6) is -1.54. The minimum absolute atomic E-state index is 0.429. The lowest BCUT2D eigenvalue weighted by molar-refractivity contribution is 0.268. The van der Waals surface area contributed by atoms with E-state index in [0.717, 1.165) is 12.1 Å². The van der Waals surface area contributed by atoms with E-state index in [9.17, 15) is 8.78 Å². The van der Waals surface area contributed by atoms with Gasteiger partial charge in [0, 0.05) is 13.1 Å². The SMILES string of the molecule is CCC1(CNCc2ccc(F)c(F)c2)CCCC1. The number of rotatable bonds is 5. The monoisotopic (exact) mass is 253 g/mol. The number of hydrogen-bond donors (Lipinski definition) is 1. The van der Waals surface area contributed by atoms with Gasteiger partial charge in [-0.3, -0.25) is 0 Å². The van der Waals surface area contributed by atoms with Gasteiger partial charge in [0.05, 0.1) is 0 Å². The van der Waals surface area contributed by atoms with Crippen molar-refractivity contribution in [3.63, 3.8) is 0 Å². The molecule has 100 valence electrons. The van der Waals surface area contributed by atoms with Crippen molar-refractivity contribution in [3.8, 4) is 0 Å². The van der Waals surface area contributed by atoms with Gasteiger partial charge in [-0.15, -0.1) is 0 Å². The molecule has 0 aliphatic heterocycles. The second-order valence-corrected chi connectivity index (χ2v) is 5.41. The van der Waals surface area contributed by atoms with Gasteiger partial charge in [0.1, 0.15) is 0 Å². The minimum Gasteiger partial charge on any atom is -0.312 e. The maximum atomic E-state index is 13.0. The van der Waals surface area contributed by atoms with Crippen molar-refractivity contribution >= 4 is 0 Å². The third kappa shape index (κ3) is 3.08. The van der Waals surface area contributed by atoms with Crippen molar-refractivity contribution in [2.45, 2.75) is 45.6 Å². The fourth-order valence-electron chi connectivity index (χ4n) is 2.90. The van der Waals surface area contributed by atoms with Gasteiger partial charge in [0.15, 0.2) is 11.6 Å². The van der Waals surface area contributed by atoms with E-state index in [1.54, 1.807) is 6.07 Å². The van der Waals surface area contributed by atoms with Gasteiger partial charge in [0.25, 0.3) is 0 Å². The number of halogens is 2. The van der Waals surface area contributed by atoms with Crippen LogP contribution in [-0.2, 0) is 6.54 Å². The topological polar surface area (TPSA) is 12.0 Å². The molecule has 0 heterocycles. The van der Waals surface area contributed by atoms with Gasteiger partial charge in [-0.2, -0.15) is 0 Å². The third-order valence-electron chi connectivity index (χ3n) is 4.23. The quantitative estimate of drug-likeness (QED) is 0.835. The molecule has 1 fully saturated rings. The molecule has 0 aromatic heterocycles. The Kier molecular flexibility index (Phi) is 4.33. The van der Waals surface area contributed by atoms with Gasteiger partial charge in [-0.05, 0) is 42.4 Å². The maximum Gasteiger partial charge on any atom is 0.159 e. The molecule has 0 unspecified atom stereocenters. The average molecular weight is 253 g/mol. The normalized spacial score (nSPS) is 18.2. The molecular weight excluding hydrogens is 232 g/mol. The van der Waals surface area contributed by atoms with Gasteiger partial charge in [0.2, 0.25) is 0 Å². The highest BCUT2D eigenvalue weighted by Gasteiger charge is 2.31. The van der Waals surface area contributed by atoms with Crippen LogP contribution in [0.15, 0.2) is 18.2 Å². The van der Waals surface area contributed by atoms with Crippen LogP contribution in [0.2, 0.25) is 0 Å². The number of nitrogens with one attached hydrogen (secondary N) is 1. The highest BCUT2D eigenvalue weighted by Crippen LogP contribution is 2.40. The predicted molar refractivity (Wildman–Crippen MR) is 69.3 cm³/mol. The van der Waals surface area contributed by atoms with E-state index in [1.165, 1.54) is 44.2 Å². The van der Waals surface area contributed by atoms with Gasteiger partial charge >= 0.3 is 0 Å². The lowest BCUT2D eigenvalue weighted by Gasteiger charge is -2.27. The summed E-state index contributed by atoms with van der Waals surface area (Å²) < 4.78 is 25.8. The van der Waals surface area contributed by atoms with E-state index in [4.69, 9.17) is 0 Å². The van der Waals surface area contributed by atoms with Gasteiger partial charge in [-0.25, -0.2) is 8.78 Å². The van der Waals surface area contributed by atoms with Gasteiger partial charge < -0.3 is 5.32 Å². The zero-order chi connectivity index (χ0) is 13.0. The van der Waals surface area contributed by atoms with E-state index in [-0.39, 0.29) is 0 Å². The molecule has 0 bridgehead atoms. The Labute approximate surface area is 108 Å². The summed E-state index contributed by atoms with van der Waals surface area (Å²) in [5.41, 5.74) is 1.23. The fourth-order valence-corrected chi connectivity index (χ4v) is 2.90. The fraction of sp³-hybridized carbons (Fsp3) is 0.600. The van der Waals surface area contributed by atoms with Crippen LogP contribution < -0.4 is 5.32 Å². The Morgan fingerprint density at radius 1 is 1.17 bits per heavy atom. The van der Waals surface area contributed by atoms with Crippen LogP contribution in [0.1, 0.15) is 44.6 Å². The van der Waals surface area contributed by atoms with Crippen molar-refractivity contribution in [1.82, 2.24) is 5.32 Å². The van der Waals surface area contributed by atoms with E-state index >= 15 is 0 Å². The van der Waals surface area contributed by atoms with E-state index < -0.39 is 11.6 Å². The molecule has 1 aliphatic rings. The van der Waals surface area contributed by atoms with Crippen molar-refractivity contribution in [2.24, 2.45) is 5.41 Å². The summed E-state index contributed by atoms with van der Waals surface area (Å²) >= 11 is 0. The largest absolute Gasteiger partial charge is 0.312 e. The lowest BCUT2D eigenvalue weighted by Crippen LogP contribution is -2.31. The Morgan fingerprint density at radius 3 is 2.50 bits per heavy atom. The third-order valence-corrected chi connectivity index (χ3v) is 4.23. The Bertz CT molecular complexity index is 397. The number of hydrogen-bond acceptors (Lipinski definition) is 1. The van der Waals surface area contributed by atoms with Crippen LogP contribution in [0.3, 0.4) is 0 Å². The van der Waals surface area contributed by atoms with Crippen LogP contribution in [0.5, 0.6) is 0 Å². The van der Waals surface area contributed by atoms with Crippen LogP contribution in [0, 0.1) is 17.0 Å². The first-order valence-corrected chi connectivity index (χ1v) is 6.80. The molecule has 1 nitrogen and oxygen atoms in total. The average Bonchev–Trinajstić information content (AvgIpc) is 2.83. The van der Waals surface area contributed by atoms with Crippen molar-refractivity contribution < 1.29 is 8.78 Å². The molecule has 1 saturated carbocycles. The minimum atomic E-state index is -0.778. The van der Waals surface area contributed by atoms with Crippen LogP contribution in [-0.4, -0.2) is 6.54 Å². The molecule has 1 aromatic carbocycles. The summed E-state index contributed by atoms with van der Waals surface area (Å²) in [4.78, 5) is 0. The second kappa shape index (κ2) is 5.79. The predicted octanol–water partition coefficient (Wildman–Crippen LogP) is 4.02. The molecule has 0 spiro atoms. The van der Waals surface area contributed by atoms with Crippen LogP contribution in [0.4, 0.5) is 8.78 Å². The standard InChI is InChI=1S/C15H21F2N/c1-2-15(7-3-4-8-15)11-18-10-12-5-6-13(16)14(17)9-12/h5-6,9,18H,2-4,7-8,10-11H2,1H3. The molecule has 1 aromatic rings. The smallest absolute Gasteiger partial charge is 0.159 e. The molecule has 0 radical (unpaired) electrons. The molecule has 1 N–H and O–H groups in total. The molecule has 1 aliphatic carbocycles.